The fourth-order valence-electron chi connectivity index (χ4n) is 2.91. The molecular weight excluding hydrogens is 278 g/mol. The molecule has 0 saturated carbocycles. The predicted octanol–water partition coefficient (Wildman–Crippen LogP) is 2.86. The molecule has 1 aliphatic heterocycles. The summed E-state index contributed by atoms with van der Waals surface area (Å²) in [6.07, 6.45) is 3.25. The molecule has 0 spiro atoms. The normalized spacial score (nSPS) is 16.0. The largest absolute Gasteiger partial charge is 0.466 e. The molecule has 1 saturated heterocycles. The first-order valence-electron chi connectivity index (χ1n) is 7.81. The van der Waals surface area contributed by atoms with Crippen molar-refractivity contribution in [2.75, 3.05) is 23.3 Å². The Morgan fingerprint density at radius 2 is 2.14 bits per heavy atom. The summed E-state index contributed by atoms with van der Waals surface area (Å²) in [5, 5.41) is 13.1. The number of pyridine rings is 1. The molecule has 0 radical (unpaired) electrons. The molecule has 3 heterocycles. The maximum Gasteiger partial charge on any atom is 0.151 e. The van der Waals surface area contributed by atoms with Crippen LogP contribution in [-0.2, 0) is 6.54 Å². The van der Waals surface area contributed by atoms with E-state index in [4.69, 9.17) is 4.42 Å². The van der Waals surface area contributed by atoms with E-state index in [1.54, 1.807) is 0 Å². The molecule has 2 aromatic heterocycles. The van der Waals surface area contributed by atoms with Gasteiger partial charge in [0.1, 0.15) is 11.5 Å². The fourth-order valence-corrected chi connectivity index (χ4v) is 2.91. The number of hydrogen-bond acceptors (Lipinski definition) is 5. The van der Waals surface area contributed by atoms with Gasteiger partial charge in [0.25, 0.3) is 0 Å². The van der Waals surface area contributed by atoms with Crippen LogP contribution in [0.3, 0.4) is 0 Å². The topological polar surface area (TPSA) is 61.5 Å². The van der Waals surface area contributed by atoms with Gasteiger partial charge in [-0.25, -0.2) is 4.98 Å². The molecule has 5 nitrogen and oxygen atoms in total. The number of nitrogens with one attached hydrogen (secondary N) is 1. The molecule has 2 N–H and O–H groups in total. The second kappa shape index (κ2) is 6.40. The standard InChI is InChI=1S/C17H23N3O2/c1-12-10-14(13(2)22-12)11-19-16-4-3-7-18-17(16)20-8-5-15(21)6-9-20/h3-4,7,10,15,19,21H,5-6,8-9,11H2,1-2H3. The molecule has 0 atom stereocenters. The van der Waals surface area contributed by atoms with Gasteiger partial charge in [0, 0.05) is 31.4 Å². The summed E-state index contributed by atoms with van der Waals surface area (Å²) < 4.78 is 5.57. The highest BCUT2D eigenvalue weighted by molar-refractivity contribution is 5.65. The van der Waals surface area contributed by atoms with Crippen LogP contribution in [0.25, 0.3) is 0 Å². The van der Waals surface area contributed by atoms with Crippen molar-refractivity contribution in [1.29, 1.82) is 0 Å². The van der Waals surface area contributed by atoms with Crippen LogP contribution in [0.2, 0.25) is 0 Å². The van der Waals surface area contributed by atoms with Gasteiger partial charge < -0.3 is 19.7 Å². The molecule has 118 valence electrons. The van der Waals surface area contributed by atoms with E-state index < -0.39 is 0 Å². The van der Waals surface area contributed by atoms with E-state index in [0.717, 1.165) is 55.5 Å². The molecule has 0 aromatic carbocycles. The average molecular weight is 301 g/mol. The molecular formula is C17H23N3O2. The molecule has 22 heavy (non-hydrogen) atoms. The van der Waals surface area contributed by atoms with Crippen molar-refractivity contribution in [2.45, 2.75) is 39.3 Å². The van der Waals surface area contributed by atoms with E-state index in [9.17, 15) is 5.11 Å². The van der Waals surface area contributed by atoms with Crippen LogP contribution < -0.4 is 10.2 Å². The van der Waals surface area contributed by atoms with Crippen molar-refractivity contribution in [3.05, 3.63) is 41.5 Å². The first-order valence-corrected chi connectivity index (χ1v) is 7.81. The van der Waals surface area contributed by atoms with E-state index in [0.29, 0.717) is 0 Å². The van der Waals surface area contributed by atoms with Gasteiger partial charge in [-0.15, -0.1) is 0 Å². The molecule has 0 aliphatic carbocycles. The van der Waals surface area contributed by atoms with Crippen molar-refractivity contribution in [1.82, 2.24) is 4.98 Å². The Labute approximate surface area is 131 Å². The number of aromatic nitrogens is 1. The minimum atomic E-state index is -0.173. The Morgan fingerprint density at radius 1 is 1.36 bits per heavy atom. The summed E-state index contributed by atoms with van der Waals surface area (Å²) in [6, 6.07) is 6.06. The van der Waals surface area contributed by atoms with Crippen molar-refractivity contribution in [3.63, 3.8) is 0 Å². The summed E-state index contributed by atoms with van der Waals surface area (Å²) in [5.41, 5.74) is 2.19. The third kappa shape index (κ3) is 3.25. The number of furan rings is 1. The van der Waals surface area contributed by atoms with Crippen molar-refractivity contribution in [3.8, 4) is 0 Å². The highest BCUT2D eigenvalue weighted by atomic mass is 16.3. The maximum atomic E-state index is 9.65. The summed E-state index contributed by atoms with van der Waals surface area (Å²) in [6.45, 7) is 6.36. The van der Waals surface area contributed by atoms with Crippen LogP contribution in [0.5, 0.6) is 0 Å². The van der Waals surface area contributed by atoms with Crippen LogP contribution in [0.4, 0.5) is 11.5 Å². The lowest BCUT2D eigenvalue weighted by atomic mass is 10.1. The lowest BCUT2D eigenvalue weighted by Gasteiger charge is -2.31. The Kier molecular flexibility index (Phi) is 4.34. The Balaban J connectivity index is 1.72. The SMILES string of the molecule is Cc1cc(CNc2cccnc2N2CCC(O)CC2)c(C)o1. The number of aryl methyl sites for hydroxylation is 2. The van der Waals surface area contributed by atoms with Gasteiger partial charge in [-0.1, -0.05) is 0 Å². The minimum absolute atomic E-state index is 0.173. The third-order valence-corrected chi connectivity index (χ3v) is 4.16. The second-order valence-electron chi connectivity index (χ2n) is 5.88. The van der Waals surface area contributed by atoms with Gasteiger partial charge >= 0.3 is 0 Å². The number of anilines is 2. The Morgan fingerprint density at radius 3 is 2.82 bits per heavy atom. The quantitative estimate of drug-likeness (QED) is 0.909. The number of rotatable bonds is 4. The van der Waals surface area contributed by atoms with Crippen molar-refractivity contribution < 1.29 is 9.52 Å². The average Bonchev–Trinajstić information content (AvgIpc) is 2.84. The Bertz CT molecular complexity index is 631. The number of nitrogens with zero attached hydrogens (tertiary/aromatic N) is 2. The number of hydrogen-bond donors (Lipinski definition) is 2. The molecule has 0 bridgehead atoms. The first kappa shape index (κ1) is 14.9. The van der Waals surface area contributed by atoms with Crippen LogP contribution in [0.1, 0.15) is 29.9 Å². The monoisotopic (exact) mass is 301 g/mol. The van der Waals surface area contributed by atoms with E-state index in [1.165, 1.54) is 5.56 Å². The summed E-state index contributed by atoms with van der Waals surface area (Å²) in [4.78, 5) is 6.76. The maximum absolute atomic E-state index is 9.65. The van der Waals surface area contributed by atoms with Gasteiger partial charge in [0.15, 0.2) is 5.82 Å². The fraction of sp³-hybridized carbons (Fsp3) is 0.471. The van der Waals surface area contributed by atoms with E-state index >= 15 is 0 Å². The van der Waals surface area contributed by atoms with Gasteiger partial charge in [-0.05, 0) is 44.9 Å². The zero-order valence-corrected chi connectivity index (χ0v) is 13.2. The summed E-state index contributed by atoms with van der Waals surface area (Å²) in [7, 11) is 0. The van der Waals surface area contributed by atoms with Gasteiger partial charge in [0.05, 0.1) is 11.8 Å². The van der Waals surface area contributed by atoms with Gasteiger partial charge in [0.2, 0.25) is 0 Å². The summed E-state index contributed by atoms with van der Waals surface area (Å²) in [5.74, 6) is 2.86. The zero-order chi connectivity index (χ0) is 15.5. The highest BCUT2D eigenvalue weighted by Crippen LogP contribution is 2.26. The lowest BCUT2D eigenvalue weighted by molar-refractivity contribution is 0.145. The van der Waals surface area contributed by atoms with Crippen LogP contribution in [0.15, 0.2) is 28.8 Å². The smallest absolute Gasteiger partial charge is 0.151 e. The highest BCUT2D eigenvalue weighted by Gasteiger charge is 2.20. The molecule has 0 unspecified atom stereocenters. The molecule has 0 amide bonds. The van der Waals surface area contributed by atoms with E-state index in [2.05, 4.69) is 27.3 Å². The predicted molar refractivity (Wildman–Crippen MR) is 87.2 cm³/mol. The molecule has 3 rings (SSSR count). The molecule has 2 aromatic rings. The second-order valence-corrected chi connectivity index (χ2v) is 5.88. The Hall–Kier alpha value is -2.01. The zero-order valence-electron chi connectivity index (χ0n) is 13.2. The van der Waals surface area contributed by atoms with Crippen LogP contribution in [0, 0.1) is 13.8 Å². The van der Waals surface area contributed by atoms with Crippen molar-refractivity contribution in [2.24, 2.45) is 0 Å². The van der Waals surface area contributed by atoms with Gasteiger partial charge in [-0.3, -0.25) is 0 Å². The number of piperidine rings is 1. The van der Waals surface area contributed by atoms with E-state index in [-0.39, 0.29) is 6.10 Å². The third-order valence-electron chi connectivity index (χ3n) is 4.16. The summed E-state index contributed by atoms with van der Waals surface area (Å²) >= 11 is 0. The minimum Gasteiger partial charge on any atom is -0.466 e. The van der Waals surface area contributed by atoms with Gasteiger partial charge in [-0.2, -0.15) is 0 Å². The van der Waals surface area contributed by atoms with Crippen LogP contribution >= 0.6 is 0 Å². The number of aliphatic hydroxyl groups is 1. The number of aliphatic hydroxyl groups excluding tert-OH is 1. The van der Waals surface area contributed by atoms with E-state index in [1.807, 2.05) is 26.1 Å². The molecule has 1 fully saturated rings. The first-order chi connectivity index (χ1) is 10.6. The molecule has 5 heteroatoms. The van der Waals surface area contributed by atoms with Crippen LogP contribution in [-0.4, -0.2) is 29.3 Å². The molecule has 1 aliphatic rings. The lowest BCUT2D eigenvalue weighted by Crippen LogP contribution is -2.36. The van der Waals surface area contributed by atoms with Crippen molar-refractivity contribution >= 4 is 11.5 Å².